The fourth-order valence-corrected chi connectivity index (χ4v) is 4.40. The summed E-state index contributed by atoms with van der Waals surface area (Å²) in [4.78, 5) is 38.0. The molecule has 0 bridgehead atoms. The first kappa shape index (κ1) is 29.2. The summed E-state index contributed by atoms with van der Waals surface area (Å²) in [7, 11) is 0. The van der Waals surface area contributed by atoms with E-state index in [-0.39, 0.29) is 47.3 Å². The number of amides is 4. The summed E-state index contributed by atoms with van der Waals surface area (Å²) in [6, 6.07) is 1.44. The van der Waals surface area contributed by atoms with Crippen LogP contribution in [0.5, 0.6) is 5.88 Å². The van der Waals surface area contributed by atoms with E-state index < -0.39 is 42.4 Å². The van der Waals surface area contributed by atoms with Crippen molar-refractivity contribution < 1.29 is 42.9 Å². The van der Waals surface area contributed by atoms with Crippen LogP contribution in [0, 0.1) is 18.6 Å². The zero-order valence-electron chi connectivity index (χ0n) is 20.5. The molecule has 2 atom stereocenters. The third kappa shape index (κ3) is 8.05. The molecule has 4 amide bonds. The number of nitrogens with one attached hydrogen (secondary N) is 2. The first-order chi connectivity index (χ1) is 18.0. The van der Waals surface area contributed by atoms with Gasteiger partial charge in [-0.25, -0.2) is 13.6 Å². The number of benzene rings is 1. The summed E-state index contributed by atoms with van der Waals surface area (Å²) < 4.78 is 42.5. The number of nitrogens with two attached hydrogens (primary N) is 1. The Hall–Kier alpha value is -3.40. The molecule has 1 aliphatic heterocycles. The summed E-state index contributed by atoms with van der Waals surface area (Å²) in [6.07, 6.45) is -2.61. The Kier molecular flexibility index (Phi) is 10.3. The molecule has 0 saturated carbocycles. The van der Waals surface area contributed by atoms with Crippen LogP contribution in [0.3, 0.4) is 0 Å². The van der Waals surface area contributed by atoms with E-state index in [1.807, 2.05) is 0 Å². The van der Waals surface area contributed by atoms with Crippen LogP contribution in [0.25, 0.3) is 0 Å². The lowest BCUT2D eigenvalue weighted by Crippen LogP contribution is -2.42. The third-order valence-electron chi connectivity index (χ3n) is 5.59. The molecule has 208 valence electrons. The number of aryl methyl sites for hydroxylation is 1. The number of anilines is 1. The Morgan fingerprint density at radius 3 is 2.50 bits per heavy atom. The van der Waals surface area contributed by atoms with Gasteiger partial charge in [-0.05, 0) is 36.2 Å². The molecule has 6 N–H and O–H groups in total. The lowest BCUT2D eigenvalue weighted by Gasteiger charge is -2.28. The average Bonchev–Trinajstić information content (AvgIpc) is 3.25. The number of morpholine rings is 1. The maximum Gasteiger partial charge on any atom is 0.320 e. The molecule has 3 rings (SSSR count). The molecule has 1 aromatic heterocycles. The molecular formula is C23H29F2N5O7S. The van der Waals surface area contributed by atoms with Crippen LogP contribution in [0.2, 0.25) is 0 Å². The monoisotopic (exact) mass is 557 g/mol. The third-order valence-corrected chi connectivity index (χ3v) is 6.34. The van der Waals surface area contributed by atoms with Crippen LogP contribution < -0.4 is 21.1 Å². The number of urea groups is 1. The number of aliphatic hydroxyl groups is 2. The molecule has 1 fully saturated rings. The summed E-state index contributed by atoms with van der Waals surface area (Å²) in [6.45, 7) is 2.42. The van der Waals surface area contributed by atoms with Crippen molar-refractivity contribution >= 4 is 34.4 Å². The van der Waals surface area contributed by atoms with Gasteiger partial charge in [0.15, 0.2) is 0 Å². The smallest absolute Gasteiger partial charge is 0.320 e. The number of halogens is 2. The van der Waals surface area contributed by atoms with E-state index >= 15 is 0 Å². The number of aliphatic hydroxyl groups excluding tert-OH is 2. The summed E-state index contributed by atoms with van der Waals surface area (Å²) >= 11 is 0.655. The molecule has 1 saturated heterocycles. The van der Waals surface area contributed by atoms with Crippen LogP contribution in [0.4, 0.5) is 18.6 Å². The predicted octanol–water partition coefficient (Wildman–Crippen LogP) is 0.890. The molecule has 0 radical (unpaired) electrons. The van der Waals surface area contributed by atoms with Crippen molar-refractivity contribution in [3.05, 3.63) is 40.5 Å². The number of rotatable bonds is 11. The number of primary amides is 1. The Morgan fingerprint density at radius 2 is 1.87 bits per heavy atom. The first-order valence-corrected chi connectivity index (χ1v) is 12.5. The van der Waals surface area contributed by atoms with Gasteiger partial charge in [0.2, 0.25) is 11.8 Å². The maximum atomic E-state index is 14.1. The van der Waals surface area contributed by atoms with Crippen molar-refractivity contribution in [3.8, 4) is 5.88 Å². The van der Waals surface area contributed by atoms with E-state index in [9.17, 15) is 33.4 Å². The number of ether oxygens (including phenoxy) is 2. The fourth-order valence-electron chi connectivity index (χ4n) is 3.67. The van der Waals surface area contributed by atoms with Gasteiger partial charge < -0.3 is 35.6 Å². The molecule has 0 spiro atoms. The van der Waals surface area contributed by atoms with Crippen LogP contribution in [-0.2, 0) is 16.1 Å². The van der Waals surface area contributed by atoms with Crippen LogP contribution in [0.15, 0.2) is 12.1 Å². The van der Waals surface area contributed by atoms with E-state index in [4.69, 9.17) is 15.2 Å². The number of nitrogens with zero attached hydrogens (tertiary/aromatic N) is 2. The van der Waals surface area contributed by atoms with E-state index in [1.54, 1.807) is 4.90 Å². The molecule has 0 aliphatic carbocycles. The molecule has 38 heavy (non-hydrogen) atoms. The second kappa shape index (κ2) is 13.4. The van der Waals surface area contributed by atoms with E-state index in [0.717, 1.165) is 12.1 Å². The van der Waals surface area contributed by atoms with Crippen LogP contribution >= 0.6 is 11.5 Å². The molecule has 1 aliphatic rings. The van der Waals surface area contributed by atoms with E-state index in [2.05, 4.69) is 15.0 Å². The normalized spacial score (nSPS) is 15.0. The number of carbonyl (C=O) groups excluding carboxylic acids is 3. The highest BCUT2D eigenvalue weighted by atomic mass is 32.1. The van der Waals surface area contributed by atoms with E-state index in [0.29, 0.717) is 43.4 Å². The Morgan fingerprint density at radius 1 is 1.21 bits per heavy atom. The number of hydrogen-bond donors (Lipinski definition) is 5. The standard InChI is InChI=1S/C23H29F2N5O7S/c1-12-6-16(24)15(17(25)7-12)11-37-21-19(20(26)34)22(38-29-21)28-23(35)27-10-14(32)8-13(31)9-18(33)30-2-4-36-5-3-30/h6-7,13-14,31-32H,2-5,8-11H2,1H3,(H2,26,34)(H2,27,28,35). The van der Waals surface area contributed by atoms with Crippen molar-refractivity contribution in [1.82, 2.24) is 14.6 Å². The lowest BCUT2D eigenvalue weighted by atomic mass is 10.1. The first-order valence-electron chi connectivity index (χ1n) is 11.7. The fraction of sp³-hybridized carbons (Fsp3) is 0.478. The van der Waals surface area contributed by atoms with Crippen LogP contribution in [-0.4, -0.2) is 82.4 Å². The van der Waals surface area contributed by atoms with Gasteiger partial charge in [-0.2, -0.15) is 4.37 Å². The minimum Gasteiger partial charge on any atom is -0.471 e. The molecule has 2 heterocycles. The largest absolute Gasteiger partial charge is 0.471 e. The van der Waals surface area contributed by atoms with Gasteiger partial charge in [0.25, 0.3) is 5.91 Å². The molecule has 15 heteroatoms. The maximum absolute atomic E-state index is 14.1. The second-order valence-electron chi connectivity index (χ2n) is 8.63. The summed E-state index contributed by atoms with van der Waals surface area (Å²) in [5, 5.41) is 24.9. The minimum atomic E-state index is -1.16. The van der Waals surface area contributed by atoms with Crippen LogP contribution in [0.1, 0.15) is 34.3 Å². The highest BCUT2D eigenvalue weighted by Gasteiger charge is 2.24. The summed E-state index contributed by atoms with van der Waals surface area (Å²) in [5.41, 5.74) is 5.10. The average molecular weight is 558 g/mol. The zero-order chi connectivity index (χ0) is 27.8. The van der Waals surface area contributed by atoms with Gasteiger partial charge in [0.1, 0.15) is 28.8 Å². The summed E-state index contributed by atoms with van der Waals surface area (Å²) in [5.74, 6) is -3.23. The quantitative estimate of drug-likeness (QED) is 0.271. The van der Waals surface area contributed by atoms with Gasteiger partial charge in [-0.3, -0.25) is 14.9 Å². The second-order valence-corrected chi connectivity index (χ2v) is 9.40. The van der Waals surface area contributed by atoms with Gasteiger partial charge in [-0.15, -0.1) is 0 Å². The lowest BCUT2D eigenvalue weighted by molar-refractivity contribution is -0.137. The Balaban J connectivity index is 1.50. The van der Waals surface area contributed by atoms with Crippen molar-refractivity contribution in [3.63, 3.8) is 0 Å². The van der Waals surface area contributed by atoms with Crippen molar-refractivity contribution in [2.75, 3.05) is 38.2 Å². The Labute approximate surface area is 220 Å². The highest BCUT2D eigenvalue weighted by Crippen LogP contribution is 2.31. The minimum absolute atomic E-state index is 0.0829. The SMILES string of the molecule is Cc1cc(F)c(COc2nsc(NC(=O)NCC(O)CC(O)CC(=O)N3CCOCC3)c2C(N)=O)c(F)c1. The number of carbonyl (C=O) groups is 3. The topological polar surface area (TPSA) is 176 Å². The zero-order valence-corrected chi connectivity index (χ0v) is 21.4. The van der Waals surface area contributed by atoms with Gasteiger partial charge >= 0.3 is 6.03 Å². The Bertz CT molecular complexity index is 1140. The number of aromatic nitrogens is 1. The molecule has 1 aromatic carbocycles. The molecular weight excluding hydrogens is 528 g/mol. The molecule has 2 unspecified atom stereocenters. The van der Waals surface area contributed by atoms with Crippen molar-refractivity contribution in [2.45, 2.75) is 38.6 Å². The van der Waals surface area contributed by atoms with Gasteiger partial charge in [0, 0.05) is 26.1 Å². The molecule has 12 nitrogen and oxygen atoms in total. The van der Waals surface area contributed by atoms with Crippen molar-refractivity contribution in [1.29, 1.82) is 0 Å². The van der Waals surface area contributed by atoms with E-state index in [1.165, 1.54) is 6.92 Å². The van der Waals surface area contributed by atoms with Crippen molar-refractivity contribution in [2.24, 2.45) is 5.73 Å². The molecule has 2 aromatic rings. The highest BCUT2D eigenvalue weighted by molar-refractivity contribution is 7.11. The van der Waals surface area contributed by atoms with Gasteiger partial charge in [-0.1, -0.05) is 0 Å². The van der Waals surface area contributed by atoms with Gasteiger partial charge in [0.05, 0.1) is 37.4 Å². The number of hydrogen-bond acceptors (Lipinski definition) is 9. The predicted molar refractivity (Wildman–Crippen MR) is 132 cm³/mol.